The minimum atomic E-state index is -0.161. The van der Waals surface area contributed by atoms with Gasteiger partial charge in [-0.15, -0.1) is 0 Å². The predicted molar refractivity (Wildman–Crippen MR) is 94.2 cm³/mol. The molecular formula is C18H21N3O2. The van der Waals surface area contributed by atoms with Crippen molar-refractivity contribution in [3.63, 3.8) is 0 Å². The quantitative estimate of drug-likeness (QED) is 0.911. The average molecular weight is 311 g/mol. The van der Waals surface area contributed by atoms with E-state index in [1.165, 1.54) is 6.92 Å². The summed E-state index contributed by atoms with van der Waals surface area (Å²) in [5, 5.41) is 5.53. The first-order chi connectivity index (χ1) is 10.9. The Bertz CT molecular complexity index is 722. The fraction of sp³-hybridized carbons (Fsp3) is 0.222. The lowest BCUT2D eigenvalue weighted by molar-refractivity contribution is -0.114. The van der Waals surface area contributed by atoms with Crippen LogP contribution in [-0.4, -0.2) is 25.9 Å². The average Bonchev–Trinajstić information content (AvgIpc) is 2.48. The number of amides is 2. The van der Waals surface area contributed by atoms with Gasteiger partial charge in [0.15, 0.2) is 0 Å². The number of anilines is 3. The van der Waals surface area contributed by atoms with Gasteiger partial charge in [-0.1, -0.05) is 0 Å². The Hall–Kier alpha value is -2.82. The number of rotatable bonds is 4. The van der Waals surface area contributed by atoms with Crippen molar-refractivity contribution in [3.8, 4) is 0 Å². The Labute approximate surface area is 136 Å². The van der Waals surface area contributed by atoms with Gasteiger partial charge in [-0.05, 0) is 55.0 Å². The molecule has 2 amide bonds. The first-order valence-electron chi connectivity index (χ1n) is 7.34. The summed E-state index contributed by atoms with van der Waals surface area (Å²) in [5.41, 5.74) is 4.11. The van der Waals surface area contributed by atoms with Gasteiger partial charge in [-0.3, -0.25) is 9.59 Å². The summed E-state index contributed by atoms with van der Waals surface area (Å²) in [6.45, 7) is 3.43. The maximum Gasteiger partial charge on any atom is 0.255 e. The van der Waals surface area contributed by atoms with Gasteiger partial charge in [0.25, 0.3) is 5.91 Å². The fourth-order valence-corrected chi connectivity index (χ4v) is 2.34. The highest BCUT2D eigenvalue weighted by molar-refractivity contribution is 6.04. The summed E-state index contributed by atoms with van der Waals surface area (Å²) in [7, 11) is 3.94. The molecule has 0 aromatic heterocycles. The summed E-state index contributed by atoms with van der Waals surface area (Å²) in [5.74, 6) is -0.288. The van der Waals surface area contributed by atoms with Gasteiger partial charge >= 0.3 is 0 Å². The number of hydrogen-bond donors (Lipinski definition) is 2. The van der Waals surface area contributed by atoms with Gasteiger partial charge in [0.2, 0.25) is 5.91 Å². The number of aryl methyl sites for hydroxylation is 1. The summed E-state index contributed by atoms with van der Waals surface area (Å²) >= 11 is 0. The zero-order chi connectivity index (χ0) is 17.0. The van der Waals surface area contributed by atoms with E-state index in [4.69, 9.17) is 0 Å². The predicted octanol–water partition coefficient (Wildman–Crippen LogP) is 3.27. The molecule has 2 N–H and O–H groups in total. The molecule has 0 heterocycles. The van der Waals surface area contributed by atoms with E-state index >= 15 is 0 Å². The lowest BCUT2D eigenvalue weighted by Gasteiger charge is -2.16. The largest absolute Gasteiger partial charge is 0.377 e. The fourth-order valence-electron chi connectivity index (χ4n) is 2.34. The Morgan fingerprint density at radius 1 is 0.913 bits per heavy atom. The van der Waals surface area contributed by atoms with Gasteiger partial charge < -0.3 is 15.5 Å². The molecule has 0 spiro atoms. The molecule has 2 aromatic carbocycles. The molecule has 2 aromatic rings. The minimum Gasteiger partial charge on any atom is -0.377 e. The lowest BCUT2D eigenvalue weighted by atomic mass is 10.1. The Morgan fingerprint density at radius 3 is 1.96 bits per heavy atom. The standard InChI is InChI=1S/C18H21N3O2/c1-12-11-14(5-10-17(12)21(3)4)18(23)20-16-8-6-15(7-9-16)19-13(2)22/h5-11H,1-4H3,(H,19,22)(H,20,23). The van der Waals surface area contributed by atoms with Crippen LogP contribution in [0.2, 0.25) is 0 Å². The van der Waals surface area contributed by atoms with Gasteiger partial charge in [-0.25, -0.2) is 0 Å². The zero-order valence-corrected chi connectivity index (χ0v) is 13.8. The van der Waals surface area contributed by atoms with Gasteiger partial charge in [-0.2, -0.15) is 0 Å². The lowest BCUT2D eigenvalue weighted by Crippen LogP contribution is -2.14. The maximum atomic E-state index is 12.3. The molecule has 5 heteroatoms. The van der Waals surface area contributed by atoms with E-state index in [2.05, 4.69) is 10.6 Å². The minimum absolute atomic E-state index is 0.127. The van der Waals surface area contributed by atoms with Crippen LogP contribution in [0, 0.1) is 6.92 Å². The number of carbonyl (C=O) groups is 2. The van der Waals surface area contributed by atoms with Crippen molar-refractivity contribution in [2.45, 2.75) is 13.8 Å². The van der Waals surface area contributed by atoms with Crippen molar-refractivity contribution in [2.75, 3.05) is 29.6 Å². The second-order valence-electron chi connectivity index (χ2n) is 5.61. The van der Waals surface area contributed by atoms with E-state index in [-0.39, 0.29) is 11.8 Å². The Balaban J connectivity index is 2.09. The molecule has 0 aliphatic heterocycles. The molecule has 0 saturated carbocycles. The second-order valence-corrected chi connectivity index (χ2v) is 5.61. The Morgan fingerprint density at radius 2 is 1.48 bits per heavy atom. The molecule has 0 bridgehead atoms. The molecule has 0 aliphatic carbocycles. The highest BCUT2D eigenvalue weighted by atomic mass is 16.2. The summed E-state index contributed by atoms with van der Waals surface area (Å²) in [4.78, 5) is 25.3. The summed E-state index contributed by atoms with van der Waals surface area (Å²) in [6, 6.07) is 12.6. The van der Waals surface area contributed by atoms with Gasteiger partial charge in [0.1, 0.15) is 0 Å². The normalized spacial score (nSPS) is 10.1. The third-order valence-corrected chi connectivity index (χ3v) is 3.40. The molecule has 120 valence electrons. The molecule has 0 saturated heterocycles. The van der Waals surface area contributed by atoms with Crippen LogP contribution in [0.3, 0.4) is 0 Å². The van der Waals surface area contributed by atoms with E-state index in [0.717, 1.165) is 11.3 Å². The number of benzene rings is 2. The van der Waals surface area contributed by atoms with Crippen molar-refractivity contribution < 1.29 is 9.59 Å². The molecule has 5 nitrogen and oxygen atoms in total. The van der Waals surface area contributed by atoms with Crippen molar-refractivity contribution in [3.05, 3.63) is 53.6 Å². The van der Waals surface area contributed by atoms with E-state index in [0.29, 0.717) is 16.9 Å². The summed E-state index contributed by atoms with van der Waals surface area (Å²) < 4.78 is 0. The molecule has 0 atom stereocenters. The molecule has 2 rings (SSSR count). The van der Waals surface area contributed by atoms with E-state index in [1.54, 1.807) is 24.3 Å². The molecule has 0 aliphatic rings. The first kappa shape index (κ1) is 16.5. The van der Waals surface area contributed by atoms with Crippen molar-refractivity contribution in [1.29, 1.82) is 0 Å². The Kier molecular flexibility index (Phi) is 5.01. The molecule has 0 unspecified atom stereocenters. The van der Waals surface area contributed by atoms with Crippen LogP contribution in [0.25, 0.3) is 0 Å². The molecule has 23 heavy (non-hydrogen) atoms. The summed E-state index contributed by atoms with van der Waals surface area (Å²) in [6.07, 6.45) is 0. The van der Waals surface area contributed by atoms with Crippen molar-refractivity contribution >= 4 is 28.9 Å². The van der Waals surface area contributed by atoms with Crippen LogP contribution in [0.5, 0.6) is 0 Å². The molecule has 0 fully saturated rings. The number of nitrogens with zero attached hydrogens (tertiary/aromatic N) is 1. The van der Waals surface area contributed by atoms with E-state index in [9.17, 15) is 9.59 Å². The van der Waals surface area contributed by atoms with Crippen molar-refractivity contribution in [2.24, 2.45) is 0 Å². The third kappa shape index (κ3) is 4.32. The number of hydrogen-bond acceptors (Lipinski definition) is 3. The van der Waals surface area contributed by atoms with Gasteiger partial charge in [0, 0.05) is 43.6 Å². The highest BCUT2D eigenvalue weighted by Crippen LogP contribution is 2.20. The number of carbonyl (C=O) groups excluding carboxylic acids is 2. The SMILES string of the molecule is CC(=O)Nc1ccc(NC(=O)c2ccc(N(C)C)c(C)c2)cc1. The second kappa shape index (κ2) is 6.96. The number of nitrogens with one attached hydrogen (secondary N) is 2. The molecular weight excluding hydrogens is 290 g/mol. The monoisotopic (exact) mass is 311 g/mol. The van der Waals surface area contributed by atoms with Crippen LogP contribution < -0.4 is 15.5 Å². The van der Waals surface area contributed by atoms with Crippen LogP contribution in [-0.2, 0) is 4.79 Å². The van der Waals surface area contributed by atoms with Crippen LogP contribution in [0.4, 0.5) is 17.1 Å². The van der Waals surface area contributed by atoms with E-state index < -0.39 is 0 Å². The maximum absolute atomic E-state index is 12.3. The smallest absolute Gasteiger partial charge is 0.255 e. The zero-order valence-electron chi connectivity index (χ0n) is 13.8. The highest BCUT2D eigenvalue weighted by Gasteiger charge is 2.09. The topological polar surface area (TPSA) is 61.4 Å². The van der Waals surface area contributed by atoms with E-state index in [1.807, 2.05) is 44.1 Å². The van der Waals surface area contributed by atoms with Crippen molar-refractivity contribution in [1.82, 2.24) is 0 Å². The molecule has 0 radical (unpaired) electrons. The van der Waals surface area contributed by atoms with Crippen LogP contribution in [0.15, 0.2) is 42.5 Å². The third-order valence-electron chi connectivity index (χ3n) is 3.40. The van der Waals surface area contributed by atoms with Crippen LogP contribution in [0.1, 0.15) is 22.8 Å². The van der Waals surface area contributed by atoms with Gasteiger partial charge in [0.05, 0.1) is 0 Å². The first-order valence-corrected chi connectivity index (χ1v) is 7.34. The van der Waals surface area contributed by atoms with Crippen LogP contribution >= 0.6 is 0 Å².